The van der Waals surface area contributed by atoms with Gasteiger partial charge in [0.2, 0.25) is 0 Å². The second-order valence-electron chi connectivity index (χ2n) is 3.81. The molecule has 5 heteroatoms. The lowest BCUT2D eigenvalue weighted by Gasteiger charge is -2.10. The first-order valence-corrected chi connectivity index (χ1v) is 5.78. The van der Waals surface area contributed by atoms with Gasteiger partial charge >= 0.3 is 0 Å². The maximum Gasteiger partial charge on any atom is 0.283 e. The molecule has 0 aliphatic heterocycles. The highest BCUT2D eigenvalue weighted by atomic mass is 79.9. The summed E-state index contributed by atoms with van der Waals surface area (Å²) in [5.41, 5.74) is 0.485. The Kier molecular flexibility index (Phi) is 4.56. The van der Waals surface area contributed by atoms with Gasteiger partial charge in [-0.3, -0.25) is 4.79 Å². The summed E-state index contributed by atoms with van der Waals surface area (Å²) in [6.45, 7) is 5.04. The molecule has 0 atom stereocenters. The normalized spacial score (nSPS) is 10.2. The molecule has 0 unspecified atom stereocenters. The first kappa shape index (κ1) is 12.8. The van der Waals surface area contributed by atoms with E-state index in [9.17, 15) is 4.79 Å². The van der Waals surface area contributed by atoms with Gasteiger partial charge in [0.05, 0.1) is 18.4 Å². The Morgan fingerprint density at radius 2 is 2.38 bits per heavy atom. The van der Waals surface area contributed by atoms with Crippen molar-refractivity contribution in [1.29, 1.82) is 0 Å². The van der Waals surface area contributed by atoms with Crippen molar-refractivity contribution in [2.24, 2.45) is 5.92 Å². The molecular weight excluding hydrogens is 270 g/mol. The summed E-state index contributed by atoms with van der Waals surface area (Å²) >= 11 is 3.25. The number of anilines is 1. The summed E-state index contributed by atoms with van der Waals surface area (Å²) in [5.74, 6) is 2.82. The van der Waals surface area contributed by atoms with E-state index in [1.165, 1.54) is 4.68 Å². The summed E-state index contributed by atoms with van der Waals surface area (Å²) in [6.07, 6.45) is 6.73. The summed E-state index contributed by atoms with van der Waals surface area (Å²) in [4.78, 5) is 11.9. The van der Waals surface area contributed by atoms with E-state index in [2.05, 4.69) is 32.3 Å². The fourth-order valence-corrected chi connectivity index (χ4v) is 1.66. The van der Waals surface area contributed by atoms with Crippen molar-refractivity contribution in [2.75, 3.05) is 11.9 Å². The fraction of sp³-hybridized carbons (Fsp3) is 0.455. The third-order valence-electron chi connectivity index (χ3n) is 1.90. The lowest BCUT2D eigenvalue weighted by Crippen LogP contribution is -2.26. The third kappa shape index (κ3) is 3.11. The summed E-state index contributed by atoms with van der Waals surface area (Å²) in [5, 5.41) is 7.00. The minimum Gasteiger partial charge on any atom is -0.372 e. The number of nitrogens with one attached hydrogen (secondary N) is 1. The van der Waals surface area contributed by atoms with Crippen LogP contribution in [0.2, 0.25) is 0 Å². The highest BCUT2D eigenvalue weighted by Gasteiger charge is 2.08. The average molecular weight is 284 g/mol. The van der Waals surface area contributed by atoms with Crippen molar-refractivity contribution in [3.8, 4) is 12.3 Å². The van der Waals surface area contributed by atoms with Crippen molar-refractivity contribution >= 4 is 21.6 Å². The SMILES string of the molecule is C#CCNc1cnn(CC(C)C)c(=O)c1Br. The summed E-state index contributed by atoms with van der Waals surface area (Å²) in [6, 6.07) is 0. The van der Waals surface area contributed by atoms with Crippen molar-refractivity contribution < 1.29 is 0 Å². The van der Waals surface area contributed by atoms with Crippen molar-refractivity contribution in [3.63, 3.8) is 0 Å². The number of hydrogen-bond acceptors (Lipinski definition) is 3. The average Bonchev–Trinajstić information content (AvgIpc) is 2.23. The van der Waals surface area contributed by atoms with Gasteiger partial charge in [-0.1, -0.05) is 19.8 Å². The molecule has 1 rings (SSSR count). The Bertz CT molecular complexity index is 459. The summed E-state index contributed by atoms with van der Waals surface area (Å²) in [7, 11) is 0. The predicted octanol–water partition coefficient (Wildman–Crippen LogP) is 1.71. The zero-order valence-corrected chi connectivity index (χ0v) is 10.9. The molecule has 16 heavy (non-hydrogen) atoms. The van der Waals surface area contributed by atoms with E-state index in [1.807, 2.05) is 13.8 Å². The molecule has 0 fully saturated rings. The molecule has 0 aliphatic rings. The molecule has 0 saturated carbocycles. The molecule has 1 heterocycles. The largest absolute Gasteiger partial charge is 0.372 e. The quantitative estimate of drug-likeness (QED) is 0.856. The Labute approximate surface area is 103 Å². The lowest BCUT2D eigenvalue weighted by atomic mass is 10.2. The van der Waals surface area contributed by atoms with Gasteiger partial charge < -0.3 is 5.32 Å². The Hall–Kier alpha value is -1.28. The maximum absolute atomic E-state index is 11.9. The molecule has 0 bridgehead atoms. The number of aromatic nitrogens is 2. The van der Waals surface area contributed by atoms with Crippen LogP contribution in [-0.4, -0.2) is 16.3 Å². The molecule has 0 spiro atoms. The molecule has 1 N–H and O–H groups in total. The van der Waals surface area contributed by atoms with Crippen LogP contribution in [0.25, 0.3) is 0 Å². The van der Waals surface area contributed by atoms with E-state index in [0.717, 1.165) is 0 Å². The van der Waals surface area contributed by atoms with E-state index in [1.54, 1.807) is 6.20 Å². The van der Waals surface area contributed by atoms with Crippen LogP contribution in [0.1, 0.15) is 13.8 Å². The van der Waals surface area contributed by atoms with E-state index >= 15 is 0 Å². The first-order chi connectivity index (χ1) is 7.56. The monoisotopic (exact) mass is 283 g/mol. The van der Waals surface area contributed by atoms with Crippen LogP contribution in [0.15, 0.2) is 15.5 Å². The van der Waals surface area contributed by atoms with Crippen LogP contribution in [0.4, 0.5) is 5.69 Å². The first-order valence-electron chi connectivity index (χ1n) is 4.99. The highest BCUT2D eigenvalue weighted by molar-refractivity contribution is 9.10. The fourth-order valence-electron chi connectivity index (χ4n) is 1.21. The number of rotatable bonds is 4. The zero-order chi connectivity index (χ0) is 12.1. The van der Waals surface area contributed by atoms with Crippen LogP contribution < -0.4 is 10.9 Å². The molecule has 0 radical (unpaired) electrons. The van der Waals surface area contributed by atoms with Crippen LogP contribution in [0, 0.1) is 18.3 Å². The van der Waals surface area contributed by atoms with E-state index in [-0.39, 0.29) is 5.56 Å². The Morgan fingerprint density at radius 3 is 2.94 bits per heavy atom. The Morgan fingerprint density at radius 1 is 1.69 bits per heavy atom. The van der Waals surface area contributed by atoms with Gasteiger partial charge in [0.25, 0.3) is 5.56 Å². The topological polar surface area (TPSA) is 46.9 Å². The molecule has 4 nitrogen and oxygen atoms in total. The Balaban J connectivity index is 3.00. The molecule has 0 amide bonds. The lowest BCUT2D eigenvalue weighted by molar-refractivity contribution is 0.462. The molecule has 0 aliphatic carbocycles. The van der Waals surface area contributed by atoms with Gasteiger partial charge in [0, 0.05) is 6.54 Å². The third-order valence-corrected chi connectivity index (χ3v) is 2.67. The summed E-state index contributed by atoms with van der Waals surface area (Å²) < 4.78 is 1.91. The molecule has 1 aromatic heterocycles. The maximum atomic E-state index is 11.9. The van der Waals surface area contributed by atoms with Crippen LogP contribution in [0.3, 0.4) is 0 Å². The van der Waals surface area contributed by atoms with Gasteiger partial charge in [0.15, 0.2) is 0 Å². The van der Waals surface area contributed by atoms with Gasteiger partial charge in [-0.15, -0.1) is 6.42 Å². The molecule has 0 saturated heterocycles. The van der Waals surface area contributed by atoms with Crippen molar-refractivity contribution in [2.45, 2.75) is 20.4 Å². The number of terminal acetylenes is 1. The van der Waals surface area contributed by atoms with Gasteiger partial charge in [-0.05, 0) is 21.8 Å². The predicted molar refractivity (Wildman–Crippen MR) is 68.4 cm³/mol. The standard InChI is InChI=1S/C11H14BrN3O/c1-4-5-13-9-6-14-15(7-8(2)3)11(16)10(9)12/h1,6,8,13H,5,7H2,2-3H3. The smallest absolute Gasteiger partial charge is 0.283 e. The van der Waals surface area contributed by atoms with Crippen LogP contribution >= 0.6 is 15.9 Å². The van der Waals surface area contributed by atoms with E-state index in [4.69, 9.17) is 6.42 Å². The van der Waals surface area contributed by atoms with Crippen LogP contribution in [0.5, 0.6) is 0 Å². The number of nitrogens with zero attached hydrogens (tertiary/aromatic N) is 2. The van der Waals surface area contributed by atoms with Crippen molar-refractivity contribution in [3.05, 3.63) is 21.0 Å². The molecule has 1 aromatic rings. The number of hydrogen-bond donors (Lipinski definition) is 1. The van der Waals surface area contributed by atoms with Crippen LogP contribution in [-0.2, 0) is 6.54 Å². The van der Waals surface area contributed by atoms with Crippen molar-refractivity contribution in [1.82, 2.24) is 9.78 Å². The van der Waals surface area contributed by atoms with E-state index in [0.29, 0.717) is 29.2 Å². The molecule has 86 valence electrons. The zero-order valence-electron chi connectivity index (χ0n) is 9.33. The van der Waals surface area contributed by atoms with Gasteiger partial charge in [-0.2, -0.15) is 5.10 Å². The van der Waals surface area contributed by atoms with Gasteiger partial charge in [-0.25, -0.2) is 4.68 Å². The van der Waals surface area contributed by atoms with E-state index < -0.39 is 0 Å². The second kappa shape index (κ2) is 5.71. The van der Waals surface area contributed by atoms with Gasteiger partial charge in [0.1, 0.15) is 4.47 Å². The number of halogens is 1. The molecule has 0 aromatic carbocycles. The minimum absolute atomic E-state index is 0.143. The second-order valence-corrected chi connectivity index (χ2v) is 4.60. The molecular formula is C11H14BrN3O. The minimum atomic E-state index is -0.143. The highest BCUT2D eigenvalue weighted by Crippen LogP contribution is 2.15.